The van der Waals surface area contributed by atoms with Crippen molar-refractivity contribution in [2.75, 3.05) is 13.7 Å². The average Bonchev–Trinajstić information content (AvgIpc) is 2.85. The van der Waals surface area contributed by atoms with E-state index in [1.165, 1.54) is 0 Å². The van der Waals surface area contributed by atoms with Gasteiger partial charge in [-0.2, -0.15) is 0 Å². The zero-order valence-corrected chi connectivity index (χ0v) is 19.1. The lowest BCUT2D eigenvalue weighted by Crippen LogP contribution is -2.44. The molecule has 0 aliphatic rings. The minimum absolute atomic E-state index is 0.0491. The monoisotopic (exact) mass is 479 g/mol. The molecule has 0 heterocycles. The van der Waals surface area contributed by atoms with Crippen molar-refractivity contribution in [3.63, 3.8) is 0 Å². The van der Waals surface area contributed by atoms with Crippen LogP contribution in [0.15, 0.2) is 66.7 Å². The van der Waals surface area contributed by atoms with Crippen LogP contribution in [0.5, 0.6) is 5.75 Å². The number of alkyl carbamates (subject to hydrolysis) is 1. The molecule has 1 amide bonds. The number of esters is 1. The molecule has 0 saturated heterocycles. The van der Waals surface area contributed by atoms with Crippen LogP contribution in [-0.2, 0) is 36.9 Å². The maximum absolute atomic E-state index is 12.5. The van der Waals surface area contributed by atoms with Crippen molar-refractivity contribution in [2.45, 2.75) is 25.5 Å². The van der Waals surface area contributed by atoms with Gasteiger partial charge in [-0.25, -0.2) is 4.79 Å². The molecule has 0 saturated carbocycles. The summed E-state index contributed by atoms with van der Waals surface area (Å²) in [4.78, 5) is 48.1. The van der Waals surface area contributed by atoms with Gasteiger partial charge in [-0.05, 0) is 34.0 Å². The van der Waals surface area contributed by atoms with E-state index in [1.807, 2.05) is 24.3 Å². The van der Waals surface area contributed by atoms with Crippen LogP contribution >= 0.6 is 0 Å². The van der Waals surface area contributed by atoms with Crippen LogP contribution in [0.2, 0.25) is 0 Å². The van der Waals surface area contributed by atoms with Crippen molar-refractivity contribution in [1.29, 1.82) is 0 Å². The number of carbonyl (C=O) groups is 4. The molecule has 0 aliphatic heterocycles. The van der Waals surface area contributed by atoms with Gasteiger partial charge < -0.3 is 24.6 Å². The smallest absolute Gasteiger partial charge is 0.408 e. The van der Waals surface area contributed by atoms with Gasteiger partial charge in [0.05, 0.1) is 20.0 Å². The standard InChI is InChI=1S/C26H25NO8/c1-33-20-10-11-21-18(12-20)8-5-9-19(21)13-25(31)34-16-23(28)22(14-24(29)30)27-26(32)35-15-17-6-3-2-4-7-17/h2-12,22H,13-16H2,1H3,(H,27,32)(H,29,30). The third kappa shape index (κ3) is 7.56. The van der Waals surface area contributed by atoms with E-state index in [0.717, 1.165) is 16.3 Å². The molecule has 0 bridgehead atoms. The largest absolute Gasteiger partial charge is 0.497 e. The molecule has 0 spiro atoms. The molecule has 9 nitrogen and oxygen atoms in total. The highest BCUT2D eigenvalue weighted by atomic mass is 16.5. The molecule has 3 aromatic rings. The average molecular weight is 479 g/mol. The molecular formula is C26H25NO8. The van der Waals surface area contributed by atoms with E-state index in [1.54, 1.807) is 49.6 Å². The molecular weight excluding hydrogens is 454 g/mol. The van der Waals surface area contributed by atoms with E-state index in [-0.39, 0.29) is 13.0 Å². The second-order valence-corrected chi connectivity index (χ2v) is 7.66. The normalized spacial score (nSPS) is 11.3. The van der Waals surface area contributed by atoms with Crippen molar-refractivity contribution < 1.29 is 38.5 Å². The Morgan fingerprint density at radius 3 is 2.43 bits per heavy atom. The number of methoxy groups -OCH3 is 1. The molecule has 1 unspecified atom stereocenters. The van der Waals surface area contributed by atoms with Gasteiger partial charge in [0.2, 0.25) is 0 Å². The van der Waals surface area contributed by atoms with Crippen LogP contribution in [0.3, 0.4) is 0 Å². The van der Waals surface area contributed by atoms with Crippen LogP contribution in [0.25, 0.3) is 10.8 Å². The van der Waals surface area contributed by atoms with Gasteiger partial charge in [-0.3, -0.25) is 14.4 Å². The summed E-state index contributed by atoms with van der Waals surface area (Å²) in [6, 6.07) is 18.3. The molecule has 2 N–H and O–H groups in total. The maximum atomic E-state index is 12.5. The van der Waals surface area contributed by atoms with Crippen LogP contribution in [-0.4, -0.2) is 48.7 Å². The molecule has 0 fully saturated rings. The van der Waals surface area contributed by atoms with Crippen LogP contribution in [0, 0.1) is 0 Å². The quantitative estimate of drug-likeness (QED) is 0.401. The van der Waals surface area contributed by atoms with Gasteiger partial charge in [0, 0.05) is 0 Å². The fourth-order valence-corrected chi connectivity index (χ4v) is 3.40. The molecule has 0 radical (unpaired) electrons. The highest BCUT2D eigenvalue weighted by Gasteiger charge is 2.25. The molecule has 3 rings (SSSR count). The van der Waals surface area contributed by atoms with Gasteiger partial charge in [-0.1, -0.05) is 54.6 Å². The summed E-state index contributed by atoms with van der Waals surface area (Å²) in [6.45, 7) is -0.735. The number of fused-ring (bicyclic) bond motifs is 1. The lowest BCUT2D eigenvalue weighted by molar-refractivity contribution is -0.148. The third-order valence-corrected chi connectivity index (χ3v) is 5.16. The number of hydrogen-bond donors (Lipinski definition) is 2. The van der Waals surface area contributed by atoms with E-state index in [0.29, 0.717) is 11.3 Å². The molecule has 0 aromatic heterocycles. The number of ether oxygens (including phenoxy) is 3. The van der Waals surface area contributed by atoms with Crippen molar-refractivity contribution in [2.24, 2.45) is 0 Å². The summed E-state index contributed by atoms with van der Waals surface area (Å²) in [7, 11) is 1.56. The number of Topliss-reactive ketones (excluding diaryl/α,β-unsaturated/α-hetero) is 1. The molecule has 35 heavy (non-hydrogen) atoms. The van der Waals surface area contributed by atoms with E-state index in [2.05, 4.69) is 5.32 Å². The SMILES string of the molecule is COc1ccc2c(CC(=O)OCC(=O)C(CC(=O)O)NC(=O)OCc3ccccc3)cccc2c1. The number of aliphatic carboxylic acids is 1. The van der Waals surface area contributed by atoms with Crippen LogP contribution in [0.1, 0.15) is 17.5 Å². The number of benzene rings is 3. The Labute approximate surface area is 201 Å². The number of hydrogen-bond acceptors (Lipinski definition) is 7. The van der Waals surface area contributed by atoms with Crippen LogP contribution in [0.4, 0.5) is 4.79 Å². The Morgan fingerprint density at radius 1 is 0.943 bits per heavy atom. The van der Waals surface area contributed by atoms with E-state index in [4.69, 9.17) is 19.3 Å². The number of rotatable bonds is 11. The fourth-order valence-electron chi connectivity index (χ4n) is 3.40. The third-order valence-electron chi connectivity index (χ3n) is 5.16. The second-order valence-electron chi connectivity index (χ2n) is 7.66. The van der Waals surface area contributed by atoms with Gasteiger partial charge >= 0.3 is 18.0 Å². The Bertz CT molecular complexity index is 1210. The summed E-state index contributed by atoms with van der Waals surface area (Å²) >= 11 is 0. The van der Waals surface area contributed by atoms with E-state index in [9.17, 15) is 19.2 Å². The number of amides is 1. The highest BCUT2D eigenvalue weighted by molar-refractivity contribution is 5.93. The van der Waals surface area contributed by atoms with Crippen molar-refractivity contribution >= 4 is 34.6 Å². The van der Waals surface area contributed by atoms with Crippen molar-refractivity contribution in [1.82, 2.24) is 5.32 Å². The number of nitrogens with one attached hydrogen (secondary N) is 1. The minimum Gasteiger partial charge on any atom is -0.497 e. The first-order valence-corrected chi connectivity index (χ1v) is 10.8. The summed E-state index contributed by atoms with van der Waals surface area (Å²) in [5, 5.41) is 13.1. The Morgan fingerprint density at radius 2 is 1.71 bits per heavy atom. The Hall–Kier alpha value is -4.40. The van der Waals surface area contributed by atoms with Crippen molar-refractivity contribution in [3.8, 4) is 5.75 Å². The molecule has 0 aliphatic carbocycles. The van der Waals surface area contributed by atoms with Crippen LogP contribution < -0.4 is 10.1 Å². The number of carboxylic acid groups (broad SMARTS) is 1. The Kier molecular flexibility index (Phi) is 8.77. The minimum atomic E-state index is -1.41. The predicted molar refractivity (Wildman–Crippen MR) is 126 cm³/mol. The van der Waals surface area contributed by atoms with E-state index < -0.39 is 42.9 Å². The first-order chi connectivity index (χ1) is 16.9. The van der Waals surface area contributed by atoms with Gasteiger partial charge in [-0.15, -0.1) is 0 Å². The second kappa shape index (κ2) is 12.2. The topological polar surface area (TPSA) is 128 Å². The summed E-state index contributed by atoms with van der Waals surface area (Å²) in [5.74, 6) is -2.05. The molecule has 182 valence electrons. The fraction of sp³-hybridized carbons (Fsp3) is 0.231. The Balaban J connectivity index is 1.55. The molecule has 1 atom stereocenters. The lowest BCUT2D eigenvalue weighted by Gasteiger charge is -2.16. The summed E-state index contributed by atoms with van der Waals surface area (Å²) in [5.41, 5.74) is 1.43. The predicted octanol–water partition coefficient (Wildman–Crippen LogP) is 3.27. The highest BCUT2D eigenvalue weighted by Crippen LogP contribution is 2.24. The first-order valence-electron chi connectivity index (χ1n) is 10.8. The zero-order chi connectivity index (χ0) is 25.2. The molecule has 9 heteroatoms. The van der Waals surface area contributed by atoms with E-state index >= 15 is 0 Å². The first kappa shape index (κ1) is 25.2. The van der Waals surface area contributed by atoms with Crippen molar-refractivity contribution in [3.05, 3.63) is 77.9 Å². The maximum Gasteiger partial charge on any atom is 0.408 e. The zero-order valence-electron chi connectivity index (χ0n) is 19.1. The lowest BCUT2D eigenvalue weighted by atomic mass is 10.0. The van der Waals surface area contributed by atoms with Gasteiger partial charge in [0.25, 0.3) is 0 Å². The number of carbonyl (C=O) groups excluding carboxylic acids is 3. The van der Waals surface area contributed by atoms with Gasteiger partial charge in [0.15, 0.2) is 12.4 Å². The number of carboxylic acids is 1. The molecule has 3 aromatic carbocycles. The summed E-state index contributed by atoms with van der Waals surface area (Å²) < 4.78 is 15.3. The number of ketones is 1. The summed E-state index contributed by atoms with van der Waals surface area (Å²) in [6.07, 6.45) is -1.72. The van der Waals surface area contributed by atoms with Gasteiger partial charge in [0.1, 0.15) is 18.4 Å².